The van der Waals surface area contributed by atoms with Gasteiger partial charge in [-0.2, -0.15) is 0 Å². The minimum atomic E-state index is 0.451. The zero-order chi connectivity index (χ0) is 9.42. The molecule has 2 aromatic heterocycles. The van der Waals surface area contributed by atoms with Crippen LogP contribution in [0.2, 0.25) is 0 Å². The predicted octanol–water partition coefficient (Wildman–Crippen LogP) is 2.27. The molecule has 2 aromatic rings. The van der Waals surface area contributed by atoms with Crippen LogP contribution < -0.4 is 5.73 Å². The minimum Gasteiger partial charge on any atom is -0.398 e. The van der Waals surface area contributed by atoms with Crippen molar-refractivity contribution in [2.45, 2.75) is 19.8 Å². The first-order valence-corrected chi connectivity index (χ1v) is 4.41. The highest BCUT2D eigenvalue weighted by Gasteiger charge is 2.09. The van der Waals surface area contributed by atoms with E-state index in [1.165, 1.54) is 0 Å². The van der Waals surface area contributed by atoms with Gasteiger partial charge >= 0.3 is 0 Å². The predicted molar refractivity (Wildman–Crippen MR) is 54.6 cm³/mol. The number of rotatable bonds is 1. The van der Waals surface area contributed by atoms with E-state index in [-0.39, 0.29) is 0 Å². The summed E-state index contributed by atoms with van der Waals surface area (Å²) in [6.45, 7) is 4.27. The third-order valence-electron chi connectivity index (χ3n) is 2.23. The summed E-state index contributed by atoms with van der Waals surface area (Å²) in [5, 5.41) is 1.02. The normalized spacial score (nSPS) is 11.3. The van der Waals surface area contributed by atoms with Crippen LogP contribution >= 0.6 is 0 Å². The summed E-state index contributed by atoms with van der Waals surface area (Å²) in [5.41, 5.74) is 8.75. The Bertz CT molecular complexity index is 429. The quantitative estimate of drug-likeness (QED) is 0.698. The lowest BCUT2D eigenvalue weighted by atomic mass is 10.1. The molecule has 0 fully saturated rings. The molecule has 0 aliphatic carbocycles. The highest BCUT2D eigenvalue weighted by Crippen LogP contribution is 2.25. The average Bonchev–Trinajstić information content (AvgIpc) is 2.48. The van der Waals surface area contributed by atoms with Gasteiger partial charge in [-0.05, 0) is 12.0 Å². The number of nitrogens with two attached hydrogens (primary N) is 1. The third-order valence-corrected chi connectivity index (χ3v) is 2.23. The van der Waals surface area contributed by atoms with Crippen molar-refractivity contribution in [1.82, 2.24) is 9.97 Å². The van der Waals surface area contributed by atoms with Crippen molar-refractivity contribution in [3.63, 3.8) is 0 Å². The molecule has 0 atom stereocenters. The smallest absolute Gasteiger partial charge is 0.0932 e. The Morgan fingerprint density at radius 3 is 2.92 bits per heavy atom. The summed E-state index contributed by atoms with van der Waals surface area (Å²) in [6, 6.07) is 1.82. The zero-order valence-corrected chi connectivity index (χ0v) is 7.83. The van der Waals surface area contributed by atoms with Crippen LogP contribution in [-0.4, -0.2) is 9.97 Å². The molecule has 0 saturated carbocycles. The number of fused-ring (bicyclic) bond motifs is 1. The molecular weight excluding hydrogens is 162 g/mol. The largest absolute Gasteiger partial charge is 0.398 e. The van der Waals surface area contributed by atoms with Gasteiger partial charge in [0, 0.05) is 29.2 Å². The summed E-state index contributed by atoms with van der Waals surface area (Å²) in [7, 11) is 0. The van der Waals surface area contributed by atoms with Crippen molar-refractivity contribution in [1.29, 1.82) is 0 Å². The molecule has 0 aliphatic heterocycles. The third kappa shape index (κ3) is 1.16. The average molecular weight is 175 g/mol. The molecule has 0 saturated heterocycles. The van der Waals surface area contributed by atoms with Crippen molar-refractivity contribution < 1.29 is 0 Å². The standard InChI is InChI=1S/C10H13N3/c1-6(2)9-10-7(5-13-9)8(11)3-4-12-10/h3-6,13H,11H2,1-2H3. The van der Waals surface area contributed by atoms with Gasteiger partial charge in [-0.3, -0.25) is 4.98 Å². The molecule has 2 heterocycles. The number of H-pyrrole nitrogens is 1. The lowest BCUT2D eigenvalue weighted by Crippen LogP contribution is -1.90. The van der Waals surface area contributed by atoms with Crippen LogP contribution in [0.3, 0.4) is 0 Å². The second kappa shape index (κ2) is 2.76. The number of aromatic amines is 1. The fourth-order valence-electron chi connectivity index (χ4n) is 1.51. The second-order valence-corrected chi connectivity index (χ2v) is 3.52. The van der Waals surface area contributed by atoms with E-state index in [9.17, 15) is 0 Å². The minimum absolute atomic E-state index is 0.451. The van der Waals surface area contributed by atoms with E-state index in [0.717, 1.165) is 22.3 Å². The van der Waals surface area contributed by atoms with E-state index >= 15 is 0 Å². The Balaban J connectivity index is 2.75. The van der Waals surface area contributed by atoms with Crippen LogP contribution in [-0.2, 0) is 0 Å². The summed E-state index contributed by atoms with van der Waals surface area (Å²) < 4.78 is 0. The van der Waals surface area contributed by atoms with E-state index in [2.05, 4.69) is 23.8 Å². The topological polar surface area (TPSA) is 54.7 Å². The van der Waals surface area contributed by atoms with Gasteiger partial charge in [0.1, 0.15) is 0 Å². The molecule has 0 amide bonds. The zero-order valence-electron chi connectivity index (χ0n) is 7.83. The summed E-state index contributed by atoms with van der Waals surface area (Å²) >= 11 is 0. The van der Waals surface area contributed by atoms with Crippen LogP contribution in [0.1, 0.15) is 25.5 Å². The van der Waals surface area contributed by atoms with Crippen LogP contribution in [0.5, 0.6) is 0 Å². The summed E-state index contributed by atoms with van der Waals surface area (Å²) in [6.07, 6.45) is 3.67. The number of hydrogen-bond acceptors (Lipinski definition) is 2. The lowest BCUT2D eigenvalue weighted by Gasteiger charge is -2.01. The van der Waals surface area contributed by atoms with Crippen molar-refractivity contribution >= 4 is 16.6 Å². The second-order valence-electron chi connectivity index (χ2n) is 3.52. The fraction of sp³-hybridized carbons (Fsp3) is 0.300. The van der Waals surface area contributed by atoms with E-state index in [1.807, 2.05) is 12.3 Å². The lowest BCUT2D eigenvalue weighted by molar-refractivity contribution is 0.838. The van der Waals surface area contributed by atoms with Gasteiger partial charge in [0.05, 0.1) is 5.52 Å². The molecule has 3 heteroatoms. The molecule has 0 radical (unpaired) electrons. The van der Waals surface area contributed by atoms with Crippen molar-refractivity contribution in [3.05, 3.63) is 24.2 Å². The molecule has 3 nitrogen and oxygen atoms in total. The number of nitrogen functional groups attached to an aromatic ring is 1. The van der Waals surface area contributed by atoms with Gasteiger partial charge in [-0.25, -0.2) is 0 Å². The molecule has 2 rings (SSSR count). The van der Waals surface area contributed by atoms with Gasteiger partial charge in [0.2, 0.25) is 0 Å². The van der Waals surface area contributed by atoms with Gasteiger partial charge in [0.25, 0.3) is 0 Å². The van der Waals surface area contributed by atoms with Gasteiger partial charge in [0.15, 0.2) is 0 Å². The van der Waals surface area contributed by atoms with Crippen LogP contribution in [0.4, 0.5) is 5.69 Å². The molecule has 0 bridgehead atoms. The van der Waals surface area contributed by atoms with Gasteiger partial charge in [-0.1, -0.05) is 13.8 Å². The Morgan fingerprint density at radius 1 is 1.46 bits per heavy atom. The Hall–Kier alpha value is -1.51. The van der Waals surface area contributed by atoms with Crippen LogP contribution in [0, 0.1) is 0 Å². The van der Waals surface area contributed by atoms with Crippen molar-refractivity contribution in [3.8, 4) is 0 Å². The van der Waals surface area contributed by atoms with Gasteiger partial charge in [-0.15, -0.1) is 0 Å². The van der Waals surface area contributed by atoms with E-state index < -0.39 is 0 Å². The van der Waals surface area contributed by atoms with E-state index in [4.69, 9.17) is 5.73 Å². The maximum atomic E-state index is 5.81. The first-order chi connectivity index (χ1) is 6.20. The van der Waals surface area contributed by atoms with Crippen molar-refractivity contribution in [2.24, 2.45) is 0 Å². The molecule has 13 heavy (non-hydrogen) atoms. The maximum absolute atomic E-state index is 5.81. The first-order valence-electron chi connectivity index (χ1n) is 4.41. The summed E-state index contributed by atoms with van der Waals surface area (Å²) in [5.74, 6) is 0.451. The van der Waals surface area contributed by atoms with E-state index in [0.29, 0.717) is 5.92 Å². The maximum Gasteiger partial charge on any atom is 0.0932 e. The number of nitrogens with zero attached hydrogens (tertiary/aromatic N) is 1. The van der Waals surface area contributed by atoms with Crippen LogP contribution in [0.25, 0.3) is 10.9 Å². The van der Waals surface area contributed by atoms with Crippen LogP contribution in [0.15, 0.2) is 18.5 Å². The molecular formula is C10H13N3. The molecule has 0 aromatic carbocycles. The SMILES string of the molecule is CC(C)c1[nH]cc2c(N)ccnc12. The molecule has 0 unspecified atom stereocenters. The van der Waals surface area contributed by atoms with Crippen molar-refractivity contribution in [2.75, 3.05) is 5.73 Å². The fourth-order valence-corrected chi connectivity index (χ4v) is 1.51. The molecule has 0 aliphatic rings. The Morgan fingerprint density at radius 2 is 2.23 bits per heavy atom. The number of aromatic nitrogens is 2. The monoisotopic (exact) mass is 175 g/mol. The number of pyridine rings is 1. The highest BCUT2D eigenvalue weighted by molar-refractivity contribution is 5.91. The van der Waals surface area contributed by atoms with E-state index in [1.54, 1.807) is 6.20 Å². The Kier molecular flexibility index (Phi) is 1.72. The molecule has 68 valence electrons. The Labute approximate surface area is 77.0 Å². The number of hydrogen-bond donors (Lipinski definition) is 2. The number of anilines is 1. The molecule has 3 N–H and O–H groups in total. The molecule has 0 spiro atoms. The summed E-state index contributed by atoms with van der Waals surface area (Å²) in [4.78, 5) is 7.52. The highest BCUT2D eigenvalue weighted by atomic mass is 14.8. The van der Waals surface area contributed by atoms with Gasteiger partial charge < -0.3 is 10.7 Å². The number of nitrogens with one attached hydrogen (secondary N) is 1. The first kappa shape index (κ1) is 8.10.